The molecule has 0 radical (unpaired) electrons. The number of nitrogens with zero attached hydrogens (tertiary/aromatic N) is 5. The number of anilines is 2. The second-order valence-corrected chi connectivity index (χ2v) is 7.84. The molecule has 3 aromatic rings. The van der Waals surface area contributed by atoms with E-state index >= 15 is 0 Å². The zero-order valence-electron chi connectivity index (χ0n) is 17.3. The van der Waals surface area contributed by atoms with Crippen molar-refractivity contribution >= 4 is 23.1 Å². The van der Waals surface area contributed by atoms with Gasteiger partial charge >= 0.3 is 0 Å². The van der Waals surface area contributed by atoms with E-state index in [-0.39, 0.29) is 18.5 Å². The number of piperidine rings is 1. The molecule has 1 spiro atoms. The van der Waals surface area contributed by atoms with E-state index in [1.165, 1.54) is 6.07 Å². The van der Waals surface area contributed by atoms with Crippen molar-refractivity contribution in [2.45, 2.75) is 31.5 Å². The van der Waals surface area contributed by atoms with Crippen LogP contribution < -0.4 is 10.2 Å². The summed E-state index contributed by atoms with van der Waals surface area (Å²) in [6.45, 7) is 2.77. The highest BCUT2D eigenvalue weighted by Crippen LogP contribution is 2.32. The number of carbonyl (C=O) groups is 1. The van der Waals surface area contributed by atoms with Gasteiger partial charge in [0.2, 0.25) is 5.91 Å². The number of hydrogen-bond donors (Lipinski definition) is 1. The summed E-state index contributed by atoms with van der Waals surface area (Å²) < 4.78 is 39.9. The van der Waals surface area contributed by atoms with Crippen LogP contribution in [0.1, 0.15) is 25.1 Å². The number of nitrogens with one attached hydrogen (secondary N) is 1. The minimum absolute atomic E-state index is 0.0461. The summed E-state index contributed by atoms with van der Waals surface area (Å²) in [6.07, 6.45) is 1.84. The van der Waals surface area contributed by atoms with Gasteiger partial charge in [-0.2, -0.15) is 4.52 Å². The summed E-state index contributed by atoms with van der Waals surface area (Å²) >= 11 is 0. The van der Waals surface area contributed by atoms with Crippen molar-refractivity contribution in [2.24, 2.45) is 0 Å². The first kappa shape index (κ1) is 20.7. The molecular weight excluding hydrogens is 422 g/mol. The van der Waals surface area contributed by atoms with Crippen LogP contribution in [-0.2, 0) is 20.7 Å². The maximum Gasteiger partial charge on any atom is 0.224 e. The first-order valence-corrected chi connectivity index (χ1v) is 10.5. The Balaban J connectivity index is 1.24. The summed E-state index contributed by atoms with van der Waals surface area (Å²) in [4.78, 5) is 14.4. The van der Waals surface area contributed by atoms with E-state index in [0.717, 1.165) is 43.9 Å². The Morgan fingerprint density at radius 3 is 2.62 bits per heavy atom. The van der Waals surface area contributed by atoms with Crippen LogP contribution >= 0.6 is 0 Å². The van der Waals surface area contributed by atoms with E-state index in [1.807, 2.05) is 12.1 Å². The van der Waals surface area contributed by atoms with Gasteiger partial charge in [0.25, 0.3) is 0 Å². The van der Waals surface area contributed by atoms with Gasteiger partial charge in [0.1, 0.15) is 17.5 Å². The van der Waals surface area contributed by atoms with Crippen molar-refractivity contribution in [1.82, 2.24) is 19.8 Å². The summed E-state index contributed by atoms with van der Waals surface area (Å²) in [5.74, 6) is -1.10. The molecule has 0 bridgehead atoms. The topological polar surface area (TPSA) is 93.9 Å². The molecule has 168 valence electrons. The number of benzene rings is 1. The van der Waals surface area contributed by atoms with Crippen LogP contribution in [0, 0.1) is 11.6 Å². The highest BCUT2D eigenvalue weighted by molar-refractivity contribution is 5.90. The Morgan fingerprint density at radius 1 is 1.09 bits per heavy atom. The molecular formula is C21H22F2N6O3. The molecule has 32 heavy (non-hydrogen) atoms. The number of halogens is 2. The van der Waals surface area contributed by atoms with E-state index in [0.29, 0.717) is 24.7 Å². The number of carbonyl (C=O) groups excluding carboxylic acids is 1. The minimum Gasteiger partial charge on any atom is -0.355 e. The number of amides is 1. The minimum atomic E-state index is -0.825. The van der Waals surface area contributed by atoms with E-state index in [4.69, 9.17) is 9.47 Å². The van der Waals surface area contributed by atoms with Gasteiger partial charge in [-0.3, -0.25) is 4.79 Å². The maximum atomic E-state index is 13.7. The third kappa shape index (κ3) is 4.13. The number of aryl methyl sites for hydroxylation is 1. The summed E-state index contributed by atoms with van der Waals surface area (Å²) in [6, 6.07) is 6.73. The van der Waals surface area contributed by atoms with Crippen molar-refractivity contribution in [1.29, 1.82) is 0 Å². The van der Waals surface area contributed by atoms with Crippen molar-refractivity contribution in [2.75, 3.05) is 36.5 Å². The van der Waals surface area contributed by atoms with Crippen LogP contribution in [0.25, 0.3) is 5.65 Å². The van der Waals surface area contributed by atoms with E-state index in [1.54, 1.807) is 4.52 Å². The number of hydrogen-bond acceptors (Lipinski definition) is 7. The Morgan fingerprint density at radius 2 is 1.88 bits per heavy atom. The van der Waals surface area contributed by atoms with Gasteiger partial charge in [0.15, 0.2) is 17.3 Å². The zero-order chi connectivity index (χ0) is 22.1. The van der Waals surface area contributed by atoms with Gasteiger partial charge in [-0.25, -0.2) is 8.78 Å². The van der Waals surface area contributed by atoms with Gasteiger partial charge in [-0.05, 0) is 24.3 Å². The SMILES string of the molecule is O=C(CCc1nnc2ccc(N3CCC4(CC3)OCCO4)nn12)Nc1ccc(F)cc1F. The monoisotopic (exact) mass is 444 g/mol. The lowest BCUT2D eigenvalue weighted by Crippen LogP contribution is -2.45. The normalized spacial score (nSPS) is 17.9. The fourth-order valence-corrected chi connectivity index (χ4v) is 4.04. The summed E-state index contributed by atoms with van der Waals surface area (Å²) in [5.41, 5.74) is 0.505. The molecule has 2 fully saturated rings. The number of rotatable bonds is 5. The second-order valence-electron chi connectivity index (χ2n) is 7.84. The summed E-state index contributed by atoms with van der Waals surface area (Å²) in [7, 11) is 0. The predicted molar refractivity (Wildman–Crippen MR) is 110 cm³/mol. The standard InChI is InChI=1S/C21H22F2N6O3/c22-14-1-2-16(15(23)13-14)24-20(30)6-5-18-26-25-17-3-4-19(27-29(17)18)28-9-7-21(8-10-28)31-11-12-32-21/h1-4,13H,5-12H2,(H,24,30). The summed E-state index contributed by atoms with van der Waals surface area (Å²) in [5, 5.41) is 15.3. The van der Waals surface area contributed by atoms with Gasteiger partial charge in [0.05, 0.1) is 18.9 Å². The van der Waals surface area contributed by atoms with Crippen molar-refractivity contribution in [3.8, 4) is 0 Å². The first-order valence-electron chi connectivity index (χ1n) is 10.5. The van der Waals surface area contributed by atoms with Gasteiger partial charge in [-0.15, -0.1) is 15.3 Å². The van der Waals surface area contributed by atoms with E-state index in [2.05, 4.69) is 25.5 Å². The van der Waals surface area contributed by atoms with E-state index < -0.39 is 23.3 Å². The molecule has 2 saturated heterocycles. The van der Waals surface area contributed by atoms with Crippen LogP contribution in [0.4, 0.5) is 20.3 Å². The average Bonchev–Trinajstić information content (AvgIpc) is 3.41. The Bertz CT molecular complexity index is 1140. The van der Waals surface area contributed by atoms with Gasteiger partial charge in [0, 0.05) is 44.8 Å². The van der Waals surface area contributed by atoms with E-state index in [9.17, 15) is 13.6 Å². The molecule has 4 heterocycles. The Labute approximate surface area is 182 Å². The molecule has 2 aromatic heterocycles. The third-order valence-electron chi connectivity index (χ3n) is 5.76. The second kappa shape index (κ2) is 8.40. The molecule has 1 N–H and O–H groups in total. The molecule has 9 nitrogen and oxygen atoms in total. The molecule has 0 unspecified atom stereocenters. The molecule has 11 heteroatoms. The molecule has 0 aliphatic carbocycles. The maximum absolute atomic E-state index is 13.7. The van der Waals surface area contributed by atoms with Crippen LogP contribution in [-0.4, -0.2) is 57.8 Å². The molecule has 5 rings (SSSR count). The fraction of sp³-hybridized carbons (Fsp3) is 0.429. The molecule has 2 aliphatic rings. The zero-order valence-corrected chi connectivity index (χ0v) is 17.3. The van der Waals surface area contributed by atoms with Crippen LogP contribution in [0.15, 0.2) is 30.3 Å². The van der Waals surface area contributed by atoms with Gasteiger partial charge in [-0.1, -0.05) is 0 Å². The van der Waals surface area contributed by atoms with Crippen molar-refractivity contribution in [3.05, 3.63) is 47.8 Å². The lowest BCUT2D eigenvalue weighted by Gasteiger charge is -2.38. The Kier molecular flexibility index (Phi) is 5.43. The predicted octanol–water partition coefficient (Wildman–Crippen LogP) is 2.32. The molecule has 1 amide bonds. The number of aromatic nitrogens is 4. The van der Waals surface area contributed by atoms with Crippen LogP contribution in [0.2, 0.25) is 0 Å². The highest BCUT2D eigenvalue weighted by atomic mass is 19.1. The number of ether oxygens (including phenoxy) is 2. The third-order valence-corrected chi connectivity index (χ3v) is 5.76. The highest BCUT2D eigenvalue weighted by Gasteiger charge is 2.40. The fourth-order valence-electron chi connectivity index (χ4n) is 4.04. The molecule has 1 aromatic carbocycles. The largest absolute Gasteiger partial charge is 0.355 e. The van der Waals surface area contributed by atoms with Crippen molar-refractivity contribution < 1.29 is 23.0 Å². The average molecular weight is 444 g/mol. The molecule has 2 aliphatic heterocycles. The van der Waals surface area contributed by atoms with Crippen molar-refractivity contribution in [3.63, 3.8) is 0 Å². The Hall–Kier alpha value is -3.18. The smallest absolute Gasteiger partial charge is 0.224 e. The number of fused-ring (bicyclic) bond motifs is 1. The van der Waals surface area contributed by atoms with Gasteiger partial charge < -0.3 is 19.7 Å². The molecule has 0 saturated carbocycles. The molecule has 0 atom stereocenters. The van der Waals surface area contributed by atoms with Crippen LogP contribution in [0.3, 0.4) is 0 Å². The van der Waals surface area contributed by atoms with Crippen LogP contribution in [0.5, 0.6) is 0 Å². The lowest BCUT2D eigenvalue weighted by atomic mass is 10.0. The quantitative estimate of drug-likeness (QED) is 0.646. The first-order chi connectivity index (χ1) is 15.5. The lowest BCUT2D eigenvalue weighted by molar-refractivity contribution is -0.169.